The Morgan fingerprint density at radius 1 is 1.02 bits per heavy atom. The SMILES string of the molecule is Cc1cc(Oc2ccccc2F)ccc1-n1ncc(C(=O)c2cc3cc(F)c(NS(=O)(=O)CC(=O)N4CCN(C(C)C)CC4)cc3[nH]2)c1N. The van der Waals surface area contributed by atoms with Crippen LogP contribution in [0, 0.1) is 18.6 Å². The van der Waals surface area contributed by atoms with Crippen molar-refractivity contribution < 1.29 is 31.5 Å². The number of hydrogen-bond donors (Lipinski definition) is 3. The van der Waals surface area contributed by atoms with Crippen molar-refractivity contribution in [1.29, 1.82) is 0 Å². The number of H-pyrrole nitrogens is 1. The van der Waals surface area contributed by atoms with Gasteiger partial charge in [0.15, 0.2) is 11.6 Å². The van der Waals surface area contributed by atoms with Crippen molar-refractivity contribution in [3.63, 3.8) is 0 Å². The Hall–Kier alpha value is -5.28. The molecule has 49 heavy (non-hydrogen) atoms. The number of nitrogen functional groups attached to an aromatic ring is 1. The summed E-state index contributed by atoms with van der Waals surface area (Å²) in [7, 11) is -4.24. The molecule has 1 aliphatic rings. The van der Waals surface area contributed by atoms with Gasteiger partial charge in [-0.2, -0.15) is 5.10 Å². The molecule has 2 aromatic heterocycles. The van der Waals surface area contributed by atoms with E-state index in [1.165, 1.54) is 40.0 Å². The number of sulfonamides is 1. The third-order valence-electron chi connectivity index (χ3n) is 8.44. The smallest absolute Gasteiger partial charge is 0.241 e. The number of aromatic amines is 1. The van der Waals surface area contributed by atoms with Gasteiger partial charge in [-0.1, -0.05) is 12.1 Å². The maximum absolute atomic E-state index is 15.1. The number of aromatic nitrogens is 3. The minimum Gasteiger partial charge on any atom is -0.454 e. The molecule has 0 aliphatic carbocycles. The lowest BCUT2D eigenvalue weighted by Gasteiger charge is -2.36. The fraction of sp³-hybridized carbons (Fsp3) is 0.265. The summed E-state index contributed by atoms with van der Waals surface area (Å²) < 4.78 is 64.1. The molecule has 4 N–H and O–H groups in total. The summed E-state index contributed by atoms with van der Waals surface area (Å²) in [5, 5.41) is 4.61. The third-order valence-corrected chi connectivity index (χ3v) is 9.60. The number of ketones is 1. The van der Waals surface area contributed by atoms with Gasteiger partial charge in [-0.15, -0.1) is 0 Å². The van der Waals surface area contributed by atoms with Gasteiger partial charge in [0, 0.05) is 43.1 Å². The van der Waals surface area contributed by atoms with Crippen LogP contribution in [0.25, 0.3) is 16.6 Å². The molecular formula is C34H35F2N7O5S. The van der Waals surface area contributed by atoms with Crippen LogP contribution in [0.4, 0.5) is 20.3 Å². The fourth-order valence-electron chi connectivity index (χ4n) is 5.75. The molecule has 12 nitrogen and oxygen atoms in total. The fourth-order valence-corrected chi connectivity index (χ4v) is 6.82. The summed E-state index contributed by atoms with van der Waals surface area (Å²) in [5.41, 5.74) is 7.68. The number of aryl methyl sites for hydroxylation is 1. The standard InChI is InChI=1S/C34H35F2N7O5S/c1-20(2)41-10-12-42(13-11-41)32(44)19-49(46,47)40-28-17-27-22(15-26(28)36)16-29(39-27)33(45)24-18-38-43(34(24)37)30-9-8-23(14-21(30)3)48-31-7-5-4-6-25(31)35/h4-9,14-18,20,39-40H,10-13,19,37H2,1-3H3. The van der Waals surface area contributed by atoms with E-state index in [0.717, 1.165) is 6.07 Å². The highest BCUT2D eigenvalue weighted by Gasteiger charge is 2.27. The van der Waals surface area contributed by atoms with E-state index in [9.17, 15) is 22.4 Å². The zero-order chi connectivity index (χ0) is 35.0. The number of hydrogen-bond acceptors (Lipinski definition) is 8. The number of fused-ring (bicyclic) bond motifs is 1. The molecule has 0 atom stereocenters. The van der Waals surface area contributed by atoms with Gasteiger partial charge in [0.2, 0.25) is 21.7 Å². The van der Waals surface area contributed by atoms with Gasteiger partial charge in [-0.05, 0) is 74.9 Å². The van der Waals surface area contributed by atoms with Crippen LogP contribution in [0.2, 0.25) is 0 Å². The van der Waals surface area contributed by atoms with Gasteiger partial charge in [0.05, 0.1) is 28.8 Å². The molecule has 15 heteroatoms. The van der Waals surface area contributed by atoms with Crippen molar-refractivity contribution in [3.05, 3.63) is 95.3 Å². The van der Waals surface area contributed by atoms with Crippen molar-refractivity contribution >= 4 is 44.1 Å². The molecule has 0 spiro atoms. The van der Waals surface area contributed by atoms with Crippen LogP contribution in [0.5, 0.6) is 11.5 Å². The van der Waals surface area contributed by atoms with E-state index in [0.29, 0.717) is 54.6 Å². The van der Waals surface area contributed by atoms with Crippen molar-refractivity contribution in [3.8, 4) is 17.2 Å². The van der Waals surface area contributed by atoms with Gasteiger partial charge in [0.25, 0.3) is 0 Å². The Morgan fingerprint density at radius 3 is 2.45 bits per heavy atom. The molecule has 0 bridgehead atoms. The van der Waals surface area contributed by atoms with Gasteiger partial charge < -0.3 is 20.4 Å². The molecule has 1 saturated heterocycles. The first-order valence-electron chi connectivity index (χ1n) is 15.6. The molecule has 3 heterocycles. The van der Waals surface area contributed by atoms with E-state index >= 15 is 4.39 Å². The highest BCUT2D eigenvalue weighted by atomic mass is 32.2. The molecule has 0 radical (unpaired) electrons. The quantitative estimate of drug-likeness (QED) is 0.176. The van der Waals surface area contributed by atoms with Crippen LogP contribution >= 0.6 is 0 Å². The second-order valence-electron chi connectivity index (χ2n) is 12.1. The number of ether oxygens (including phenoxy) is 1. The molecule has 1 fully saturated rings. The van der Waals surface area contributed by atoms with Gasteiger partial charge in [-0.3, -0.25) is 19.2 Å². The van der Waals surface area contributed by atoms with Gasteiger partial charge in [0.1, 0.15) is 23.1 Å². The summed E-state index contributed by atoms with van der Waals surface area (Å²) >= 11 is 0. The predicted octanol–water partition coefficient (Wildman–Crippen LogP) is 4.84. The number of piperazine rings is 1. The number of amides is 1. The van der Waals surface area contributed by atoms with E-state index in [2.05, 4.69) is 33.6 Å². The first kappa shape index (κ1) is 33.6. The van der Waals surface area contributed by atoms with Crippen molar-refractivity contribution in [2.75, 3.05) is 42.4 Å². The van der Waals surface area contributed by atoms with E-state index < -0.39 is 39.1 Å². The second kappa shape index (κ2) is 13.3. The molecule has 1 aliphatic heterocycles. The molecule has 3 aromatic carbocycles. The zero-order valence-corrected chi connectivity index (χ0v) is 27.9. The Morgan fingerprint density at radius 2 is 1.76 bits per heavy atom. The molecular weight excluding hydrogens is 656 g/mol. The maximum Gasteiger partial charge on any atom is 0.241 e. The number of benzene rings is 3. The number of carbonyl (C=O) groups is 2. The number of carbonyl (C=O) groups excluding carboxylic acids is 2. The van der Waals surface area contributed by atoms with Crippen LogP contribution in [0.3, 0.4) is 0 Å². The highest BCUT2D eigenvalue weighted by Crippen LogP contribution is 2.30. The molecule has 1 amide bonds. The largest absolute Gasteiger partial charge is 0.454 e. The van der Waals surface area contributed by atoms with Crippen LogP contribution in [-0.4, -0.2) is 82.6 Å². The Bertz CT molecular complexity index is 2170. The third kappa shape index (κ3) is 7.12. The molecule has 0 saturated carbocycles. The molecule has 0 unspecified atom stereocenters. The number of para-hydroxylation sites is 1. The number of rotatable bonds is 10. The van der Waals surface area contributed by atoms with Crippen LogP contribution in [0.15, 0.2) is 66.9 Å². The minimum absolute atomic E-state index is 0.0458. The average molecular weight is 692 g/mol. The second-order valence-corrected chi connectivity index (χ2v) is 13.9. The Kier molecular flexibility index (Phi) is 9.14. The molecule has 5 aromatic rings. The molecule has 6 rings (SSSR count). The summed E-state index contributed by atoms with van der Waals surface area (Å²) in [6, 6.07) is 15.1. The predicted molar refractivity (Wildman–Crippen MR) is 182 cm³/mol. The van der Waals surface area contributed by atoms with Gasteiger partial charge >= 0.3 is 0 Å². The minimum atomic E-state index is -4.24. The summed E-state index contributed by atoms with van der Waals surface area (Å²) in [5.74, 6) is -2.78. The first-order valence-corrected chi connectivity index (χ1v) is 17.2. The number of halogens is 2. The average Bonchev–Trinajstić information content (AvgIpc) is 3.64. The van der Waals surface area contributed by atoms with Crippen LogP contribution < -0.4 is 15.2 Å². The maximum atomic E-state index is 15.1. The Balaban J connectivity index is 1.16. The lowest BCUT2D eigenvalue weighted by molar-refractivity contribution is -0.130. The monoisotopic (exact) mass is 691 g/mol. The number of nitrogens with two attached hydrogens (primary N) is 1. The van der Waals surface area contributed by atoms with Crippen molar-refractivity contribution in [1.82, 2.24) is 24.6 Å². The number of anilines is 2. The van der Waals surface area contributed by atoms with E-state index in [4.69, 9.17) is 10.5 Å². The summed E-state index contributed by atoms with van der Waals surface area (Å²) in [4.78, 5) is 32.8. The number of nitrogens with one attached hydrogen (secondary N) is 2. The highest BCUT2D eigenvalue weighted by molar-refractivity contribution is 7.93. The van der Waals surface area contributed by atoms with E-state index in [1.54, 1.807) is 37.3 Å². The number of nitrogens with zero attached hydrogens (tertiary/aromatic N) is 4. The van der Waals surface area contributed by atoms with E-state index in [1.807, 2.05) is 0 Å². The lowest BCUT2D eigenvalue weighted by atomic mass is 10.1. The van der Waals surface area contributed by atoms with Crippen molar-refractivity contribution in [2.45, 2.75) is 26.8 Å². The van der Waals surface area contributed by atoms with Crippen molar-refractivity contribution in [2.24, 2.45) is 0 Å². The lowest BCUT2D eigenvalue weighted by Crippen LogP contribution is -2.52. The Labute approximate surface area is 281 Å². The van der Waals surface area contributed by atoms with Crippen LogP contribution in [-0.2, 0) is 14.8 Å². The summed E-state index contributed by atoms with van der Waals surface area (Å²) in [6.45, 7) is 8.00. The normalized spacial score (nSPS) is 14.0. The van der Waals surface area contributed by atoms with Crippen LogP contribution in [0.1, 0.15) is 35.5 Å². The molecule has 256 valence electrons. The topological polar surface area (TPSA) is 156 Å². The van der Waals surface area contributed by atoms with E-state index in [-0.39, 0.29) is 34.0 Å². The van der Waals surface area contributed by atoms with Gasteiger partial charge in [-0.25, -0.2) is 21.9 Å². The summed E-state index contributed by atoms with van der Waals surface area (Å²) in [6.07, 6.45) is 1.31. The zero-order valence-electron chi connectivity index (χ0n) is 27.0. The first-order chi connectivity index (χ1) is 23.3.